The van der Waals surface area contributed by atoms with E-state index in [4.69, 9.17) is 11.6 Å². The van der Waals surface area contributed by atoms with E-state index in [0.717, 1.165) is 12.1 Å². The van der Waals surface area contributed by atoms with Crippen LogP contribution in [0.4, 0.5) is 0 Å². The predicted octanol–water partition coefficient (Wildman–Crippen LogP) is 3.56. The van der Waals surface area contributed by atoms with E-state index in [0.29, 0.717) is 22.2 Å². The largest absolute Gasteiger partial charge is 0.355 e. The molecule has 1 aromatic carbocycles. The summed E-state index contributed by atoms with van der Waals surface area (Å²) in [7, 11) is 0. The van der Waals surface area contributed by atoms with Crippen LogP contribution in [0.5, 0.6) is 0 Å². The quantitative estimate of drug-likeness (QED) is 0.840. The molecule has 0 bridgehead atoms. The molecule has 0 heterocycles. The third kappa shape index (κ3) is 3.99. The molecule has 2 unspecified atom stereocenters. The lowest BCUT2D eigenvalue weighted by molar-refractivity contribution is -0.120. The van der Waals surface area contributed by atoms with Gasteiger partial charge < -0.3 is 5.32 Å². The van der Waals surface area contributed by atoms with E-state index >= 15 is 0 Å². The highest BCUT2D eigenvalue weighted by molar-refractivity contribution is 9.09. The zero-order valence-corrected chi connectivity index (χ0v) is 12.5. The molecule has 0 saturated heterocycles. The maximum atomic E-state index is 11.8. The number of halogens is 2. The summed E-state index contributed by atoms with van der Waals surface area (Å²) in [5.74, 6) is 0.670. The SMILES string of the molecule is O=C(Cc1ccc(Cl)cc1)NCC1CCCC1Br. The average molecular weight is 331 g/mol. The summed E-state index contributed by atoms with van der Waals surface area (Å²) in [5.41, 5.74) is 0.999. The van der Waals surface area contributed by atoms with Gasteiger partial charge in [-0.05, 0) is 36.5 Å². The van der Waals surface area contributed by atoms with Gasteiger partial charge in [-0.2, -0.15) is 0 Å². The maximum absolute atomic E-state index is 11.8. The minimum Gasteiger partial charge on any atom is -0.355 e. The summed E-state index contributed by atoms with van der Waals surface area (Å²) < 4.78 is 0. The molecular weight excluding hydrogens is 314 g/mol. The van der Waals surface area contributed by atoms with Gasteiger partial charge in [-0.25, -0.2) is 0 Å². The number of carbonyl (C=O) groups excluding carboxylic acids is 1. The minimum absolute atomic E-state index is 0.0870. The lowest BCUT2D eigenvalue weighted by Crippen LogP contribution is -2.32. The van der Waals surface area contributed by atoms with Crippen molar-refractivity contribution in [3.8, 4) is 0 Å². The Kier molecular flexibility index (Phi) is 5.07. The Bertz CT molecular complexity index is 407. The number of hydrogen-bond acceptors (Lipinski definition) is 1. The van der Waals surface area contributed by atoms with E-state index in [1.165, 1.54) is 19.3 Å². The van der Waals surface area contributed by atoms with Crippen molar-refractivity contribution < 1.29 is 4.79 Å². The Hall–Kier alpha value is -0.540. The topological polar surface area (TPSA) is 29.1 Å². The molecule has 98 valence electrons. The molecule has 0 aliphatic heterocycles. The third-order valence-electron chi connectivity index (χ3n) is 3.41. The molecule has 1 fully saturated rings. The molecule has 1 N–H and O–H groups in total. The molecule has 0 spiro atoms. The van der Waals surface area contributed by atoms with Crippen LogP contribution < -0.4 is 5.32 Å². The predicted molar refractivity (Wildman–Crippen MR) is 78.2 cm³/mol. The maximum Gasteiger partial charge on any atom is 0.224 e. The number of hydrogen-bond donors (Lipinski definition) is 1. The van der Waals surface area contributed by atoms with Gasteiger partial charge in [0.15, 0.2) is 0 Å². The van der Waals surface area contributed by atoms with Crippen molar-refractivity contribution in [2.45, 2.75) is 30.5 Å². The molecule has 2 nitrogen and oxygen atoms in total. The highest BCUT2D eigenvalue weighted by Gasteiger charge is 2.24. The summed E-state index contributed by atoms with van der Waals surface area (Å²) in [6.45, 7) is 0.780. The summed E-state index contributed by atoms with van der Waals surface area (Å²) >= 11 is 9.47. The molecule has 1 aliphatic rings. The smallest absolute Gasteiger partial charge is 0.224 e. The Balaban J connectivity index is 1.76. The van der Waals surface area contributed by atoms with Crippen LogP contribution in [0.25, 0.3) is 0 Å². The van der Waals surface area contributed by atoms with E-state index in [9.17, 15) is 4.79 Å². The van der Waals surface area contributed by atoms with Crippen LogP contribution >= 0.6 is 27.5 Å². The molecule has 0 radical (unpaired) electrons. The molecule has 1 saturated carbocycles. The molecule has 18 heavy (non-hydrogen) atoms. The number of rotatable bonds is 4. The molecule has 1 aliphatic carbocycles. The molecule has 2 atom stereocenters. The van der Waals surface area contributed by atoms with Gasteiger partial charge in [0, 0.05) is 16.4 Å². The highest BCUT2D eigenvalue weighted by Crippen LogP contribution is 2.30. The van der Waals surface area contributed by atoms with Gasteiger partial charge in [0.1, 0.15) is 0 Å². The van der Waals surface area contributed by atoms with Crippen LogP contribution in [0.2, 0.25) is 5.02 Å². The van der Waals surface area contributed by atoms with Gasteiger partial charge in [0.05, 0.1) is 6.42 Å². The molecular formula is C14H17BrClNO. The zero-order chi connectivity index (χ0) is 13.0. The minimum atomic E-state index is 0.0870. The number of benzene rings is 1. The van der Waals surface area contributed by atoms with Gasteiger partial charge in [0.2, 0.25) is 5.91 Å². The molecule has 4 heteroatoms. The number of nitrogens with one attached hydrogen (secondary N) is 1. The first kappa shape index (κ1) is 13.9. The summed E-state index contributed by atoms with van der Waals surface area (Å²) in [5, 5.41) is 3.72. The van der Waals surface area contributed by atoms with Crippen molar-refractivity contribution in [2.75, 3.05) is 6.54 Å². The lowest BCUT2D eigenvalue weighted by atomic mass is 10.1. The van der Waals surface area contributed by atoms with Crippen molar-refractivity contribution >= 4 is 33.4 Å². The van der Waals surface area contributed by atoms with Crippen LogP contribution in [0, 0.1) is 5.92 Å². The Labute approximate surface area is 121 Å². The van der Waals surface area contributed by atoms with E-state index in [2.05, 4.69) is 21.2 Å². The van der Waals surface area contributed by atoms with Crippen molar-refractivity contribution in [3.05, 3.63) is 34.9 Å². The van der Waals surface area contributed by atoms with Crippen molar-refractivity contribution in [1.29, 1.82) is 0 Å². The summed E-state index contributed by atoms with van der Waals surface area (Å²) in [6, 6.07) is 7.42. The van der Waals surface area contributed by atoms with Gasteiger partial charge in [-0.15, -0.1) is 0 Å². The second-order valence-corrected chi connectivity index (χ2v) is 6.43. The Morgan fingerprint density at radius 3 is 2.67 bits per heavy atom. The van der Waals surface area contributed by atoms with E-state index in [1.54, 1.807) is 0 Å². The Morgan fingerprint density at radius 1 is 1.33 bits per heavy atom. The van der Waals surface area contributed by atoms with Crippen LogP contribution in [0.15, 0.2) is 24.3 Å². The van der Waals surface area contributed by atoms with Crippen LogP contribution in [-0.4, -0.2) is 17.3 Å². The first-order valence-electron chi connectivity index (χ1n) is 6.30. The zero-order valence-electron chi connectivity index (χ0n) is 10.2. The summed E-state index contributed by atoms with van der Waals surface area (Å²) in [6.07, 6.45) is 4.11. The number of alkyl halides is 1. The first-order valence-corrected chi connectivity index (χ1v) is 7.60. The van der Waals surface area contributed by atoms with Crippen LogP contribution in [0.1, 0.15) is 24.8 Å². The van der Waals surface area contributed by atoms with Crippen LogP contribution in [0.3, 0.4) is 0 Å². The van der Waals surface area contributed by atoms with E-state index in [-0.39, 0.29) is 5.91 Å². The fourth-order valence-corrected chi connectivity index (χ4v) is 3.22. The fourth-order valence-electron chi connectivity index (χ4n) is 2.32. The van der Waals surface area contributed by atoms with Gasteiger partial charge in [0.25, 0.3) is 0 Å². The average Bonchev–Trinajstić information content (AvgIpc) is 2.75. The molecule has 1 aromatic rings. The Morgan fingerprint density at radius 2 is 2.06 bits per heavy atom. The van der Waals surface area contributed by atoms with E-state index in [1.807, 2.05) is 24.3 Å². The second kappa shape index (κ2) is 6.58. The second-order valence-electron chi connectivity index (χ2n) is 4.81. The molecule has 2 rings (SSSR count). The lowest BCUT2D eigenvalue weighted by Gasteiger charge is -2.14. The number of carbonyl (C=O) groups is 1. The van der Waals surface area contributed by atoms with Gasteiger partial charge in [-0.1, -0.05) is 46.1 Å². The van der Waals surface area contributed by atoms with Crippen molar-refractivity contribution in [2.24, 2.45) is 5.92 Å². The van der Waals surface area contributed by atoms with Gasteiger partial charge >= 0.3 is 0 Å². The fraction of sp³-hybridized carbons (Fsp3) is 0.500. The first-order chi connectivity index (χ1) is 8.65. The van der Waals surface area contributed by atoms with Gasteiger partial charge in [-0.3, -0.25) is 4.79 Å². The normalized spacial score (nSPS) is 23.0. The standard InChI is InChI=1S/C14H17BrClNO/c15-13-3-1-2-11(13)9-17-14(18)8-10-4-6-12(16)7-5-10/h4-7,11,13H,1-3,8-9H2,(H,17,18). The van der Waals surface area contributed by atoms with Crippen LogP contribution in [-0.2, 0) is 11.2 Å². The molecule has 0 aromatic heterocycles. The van der Waals surface area contributed by atoms with Crippen molar-refractivity contribution in [3.63, 3.8) is 0 Å². The van der Waals surface area contributed by atoms with Crippen molar-refractivity contribution in [1.82, 2.24) is 5.32 Å². The monoisotopic (exact) mass is 329 g/mol. The molecule has 1 amide bonds. The van der Waals surface area contributed by atoms with E-state index < -0.39 is 0 Å². The third-order valence-corrected chi connectivity index (χ3v) is 4.86. The number of amides is 1. The summed E-state index contributed by atoms with van der Waals surface area (Å²) in [4.78, 5) is 12.4. The highest BCUT2D eigenvalue weighted by atomic mass is 79.9.